The number of hydrogen-bond acceptors (Lipinski definition) is 1. The number of carboxylic acids is 1. The molecule has 1 aromatic rings. The fourth-order valence-electron chi connectivity index (χ4n) is 2.27. The Morgan fingerprint density at radius 1 is 1.50 bits per heavy atom. The molecule has 0 amide bonds. The van der Waals surface area contributed by atoms with E-state index in [2.05, 4.69) is 13.0 Å². The maximum atomic E-state index is 10.7. The van der Waals surface area contributed by atoms with Crippen molar-refractivity contribution in [2.45, 2.75) is 26.2 Å². The maximum Gasteiger partial charge on any atom is 0.307 e. The lowest BCUT2D eigenvalue weighted by Crippen LogP contribution is -2.03. The van der Waals surface area contributed by atoms with Crippen molar-refractivity contribution in [3.8, 4) is 0 Å². The summed E-state index contributed by atoms with van der Waals surface area (Å²) in [6.45, 7) is 2.21. The lowest BCUT2D eigenvalue weighted by atomic mass is 10.0. The number of benzene rings is 1. The molecule has 14 heavy (non-hydrogen) atoms. The van der Waals surface area contributed by atoms with Crippen molar-refractivity contribution in [1.29, 1.82) is 0 Å². The molecule has 1 aliphatic carbocycles. The molecule has 0 spiro atoms. The molecule has 2 nitrogen and oxygen atoms in total. The second-order valence-electron chi connectivity index (χ2n) is 4.14. The third-order valence-corrected chi connectivity index (χ3v) is 2.83. The van der Waals surface area contributed by atoms with E-state index in [1.807, 2.05) is 12.1 Å². The zero-order valence-corrected chi connectivity index (χ0v) is 8.29. The maximum absolute atomic E-state index is 10.7. The van der Waals surface area contributed by atoms with Crippen LogP contribution in [0.4, 0.5) is 0 Å². The smallest absolute Gasteiger partial charge is 0.307 e. The van der Waals surface area contributed by atoms with E-state index in [9.17, 15) is 4.79 Å². The average Bonchev–Trinajstić information content (AvgIpc) is 2.45. The van der Waals surface area contributed by atoms with Crippen molar-refractivity contribution >= 4 is 5.97 Å². The molecule has 74 valence electrons. The lowest BCUT2D eigenvalue weighted by molar-refractivity contribution is -0.136. The molecule has 1 aliphatic rings. The largest absolute Gasteiger partial charge is 0.481 e. The van der Waals surface area contributed by atoms with Crippen LogP contribution in [-0.2, 0) is 24.1 Å². The van der Waals surface area contributed by atoms with Crippen molar-refractivity contribution < 1.29 is 9.90 Å². The molecule has 2 rings (SSSR count). The van der Waals surface area contributed by atoms with Gasteiger partial charge >= 0.3 is 5.97 Å². The van der Waals surface area contributed by atoms with E-state index in [0.29, 0.717) is 5.92 Å². The molecular weight excluding hydrogens is 176 g/mol. The summed E-state index contributed by atoms with van der Waals surface area (Å²) >= 11 is 0. The fraction of sp³-hybridized carbons (Fsp3) is 0.417. The van der Waals surface area contributed by atoms with Gasteiger partial charge in [0.2, 0.25) is 0 Å². The first-order valence-corrected chi connectivity index (χ1v) is 4.98. The highest BCUT2D eigenvalue weighted by Crippen LogP contribution is 2.29. The van der Waals surface area contributed by atoms with Crippen molar-refractivity contribution in [1.82, 2.24) is 0 Å². The second kappa shape index (κ2) is 3.45. The van der Waals surface area contributed by atoms with Crippen LogP contribution in [0, 0.1) is 5.92 Å². The molecule has 0 heterocycles. The molecule has 0 bridgehead atoms. The Hall–Kier alpha value is -1.31. The minimum Gasteiger partial charge on any atom is -0.481 e. The van der Waals surface area contributed by atoms with Crippen LogP contribution in [0.1, 0.15) is 23.6 Å². The first-order valence-electron chi connectivity index (χ1n) is 4.98. The van der Waals surface area contributed by atoms with Gasteiger partial charge in [-0.3, -0.25) is 4.79 Å². The van der Waals surface area contributed by atoms with Crippen LogP contribution in [0.5, 0.6) is 0 Å². The first-order chi connectivity index (χ1) is 6.66. The average molecular weight is 190 g/mol. The van der Waals surface area contributed by atoms with Gasteiger partial charge in [0.1, 0.15) is 0 Å². The van der Waals surface area contributed by atoms with Crippen LogP contribution < -0.4 is 0 Å². The molecule has 1 N–H and O–H groups in total. The van der Waals surface area contributed by atoms with Crippen LogP contribution in [-0.4, -0.2) is 11.1 Å². The normalized spacial score (nSPS) is 19.4. The van der Waals surface area contributed by atoms with Crippen molar-refractivity contribution in [2.24, 2.45) is 5.92 Å². The van der Waals surface area contributed by atoms with Gasteiger partial charge in [0.25, 0.3) is 0 Å². The minimum atomic E-state index is -0.738. The van der Waals surface area contributed by atoms with Crippen LogP contribution in [0.25, 0.3) is 0 Å². The third-order valence-electron chi connectivity index (χ3n) is 2.83. The van der Waals surface area contributed by atoms with Gasteiger partial charge in [0.05, 0.1) is 6.42 Å². The van der Waals surface area contributed by atoms with Gasteiger partial charge < -0.3 is 5.11 Å². The van der Waals surface area contributed by atoms with E-state index in [0.717, 1.165) is 18.4 Å². The molecule has 2 heteroatoms. The lowest BCUT2D eigenvalue weighted by Gasteiger charge is -2.05. The topological polar surface area (TPSA) is 37.3 Å². The second-order valence-corrected chi connectivity index (χ2v) is 4.14. The molecule has 1 aromatic carbocycles. The van der Waals surface area contributed by atoms with Crippen LogP contribution in [0.15, 0.2) is 18.2 Å². The summed E-state index contributed by atoms with van der Waals surface area (Å²) in [6, 6.07) is 6.02. The van der Waals surface area contributed by atoms with Gasteiger partial charge in [0.15, 0.2) is 0 Å². The van der Waals surface area contributed by atoms with Gasteiger partial charge in [-0.05, 0) is 35.4 Å². The molecule has 0 radical (unpaired) electrons. The monoisotopic (exact) mass is 190 g/mol. The van der Waals surface area contributed by atoms with Gasteiger partial charge in [-0.2, -0.15) is 0 Å². The quantitative estimate of drug-likeness (QED) is 0.775. The Morgan fingerprint density at radius 3 is 3.00 bits per heavy atom. The van der Waals surface area contributed by atoms with E-state index in [1.54, 1.807) is 0 Å². The number of hydrogen-bond donors (Lipinski definition) is 1. The van der Waals surface area contributed by atoms with Gasteiger partial charge in [-0.25, -0.2) is 0 Å². The van der Waals surface area contributed by atoms with Crippen molar-refractivity contribution in [3.05, 3.63) is 34.9 Å². The van der Waals surface area contributed by atoms with E-state index in [-0.39, 0.29) is 6.42 Å². The summed E-state index contributed by atoms with van der Waals surface area (Å²) in [5, 5.41) is 8.76. The first kappa shape index (κ1) is 9.25. The van der Waals surface area contributed by atoms with Crippen LogP contribution in [0.2, 0.25) is 0 Å². The number of carbonyl (C=O) groups is 1. The minimum absolute atomic E-state index is 0.163. The molecule has 1 unspecified atom stereocenters. The summed E-state index contributed by atoms with van der Waals surface area (Å²) in [4.78, 5) is 10.7. The van der Waals surface area contributed by atoms with Crippen molar-refractivity contribution in [3.63, 3.8) is 0 Å². The Morgan fingerprint density at radius 2 is 2.29 bits per heavy atom. The van der Waals surface area contributed by atoms with Gasteiger partial charge in [0, 0.05) is 0 Å². The number of fused-ring (bicyclic) bond motifs is 1. The Balaban J connectivity index is 2.34. The van der Waals surface area contributed by atoms with Crippen LogP contribution in [0.3, 0.4) is 0 Å². The Bertz CT molecular complexity index is 369. The molecule has 0 saturated carbocycles. The highest BCUT2D eigenvalue weighted by Gasteiger charge is 2.20. The molecule has 0 aromatic heterocycles. The van der Waals surface area contributed by atoms with E-state index in [1.165, 1.54) is 11.1 Å². The van der Waals surface area contributed by atoms with Crippen molar-refractivity contribution in [2.75, 3.05) is 0 Å². The van der Waals surface area contributed by atoms with Crippen LogP contribution >= 0.6 is 0 Å². The summed E-state index contributed by atoms with van der Waals surface area (Å²) in [5.74, 6) is -0.0714. The Labute approximate surface area is 83.6 Å². The van der Waals surface area contributed by atoms with Gasteiger partial charge in [-0.1, -0.05) is 25.1 Å². The fourth-order valence-corrected chi connectivity index (χ4v) is 2.27. The number of aliphatic carboxylic acids is 1. The summed E-state index contributed by atoms with van der Waals surface area (Å²) in [5.41, 5.74) is 3.62. The molecule has 0 fully saturated rings. The SMILES string of the molecule is CC1Cc2cccc(CC(=O)O)c2C1. The highest BCUT2D eigenvalue weighted by atomic mass is 16.4. The summed E-state index contributed by atoms with van der Waals surface area (Å²) in [7, 11) is 0. The predicted octanol–water partition coefficient (Wildman–Crippen LogP) is 2.05. The highest BCUT2D eigenvalue weighted by molar-refractivity contribution is 5.71. The predicted molar refractivity (Wildman–Crippen MR) is 54.4 cm³/mol. The van der Waals surface area contributed by atoms with E-state index in [4.69, 9.17) is 5.11 Å². The number of carboxylic acid groups (broad SMARTS) is 1. The molecule has 0 saturated heterocycles. The molecule has 0 aliphatic heterocycles. The number of rotatable bonds is 2. The Kier molecular flexibility index (Phi) is 2.28. The van der Waals surface area contributed by atoms with E-state index >= 15 is 0 Å². The molecule has 1 atom stereocenters. The van der Waals surface area contributed by atoms with Gasteiger partial charge in [-0.15, -0.1) is 0 Å². The standard InChI is InChI=1S/C12H14O2/c1-8-5-9-3-2-4-10(7-12(13)14)11(9)6-8/h2-4,8H,5-7H2,1H3,(H,13,14). The molecular formula is C12H14O2. The van der Waals surface area contributed by atoms with E-state index < -0.39 is 5.97 Å². The third kappa shape index (κ3) is 1.65. The summed E-state index contributed by atoms with van der Waals surface area (Å²) in [6.07, 6.45) is 2.30. The zero-order chi connectivity index (χ0) is 10.1. The summed E-state index contributed by atoms with van der Waals surface area (Å²) < 4.78 is 0. The zero-order valence-electron chi connectivity index (χ0n) is 8.29.